The molecule has 34 heavy (non-hydrogen) atoms. The van der Waals surface area contributed by atoms with Crippen LogP contribution in [0.1, 0.15) is 23.6 Å². The number of nitrogens with zero attached hydrogens (tertiary/aromatic N) is 2. The summed E-state index contributed by atoms with van der Waals surface area (Å²) in [5, 5.41) is 5.83. The Kier molecular flexibility index (Phi) is 7.70. The minimum atomic E-state index is -4.80. The molecule has 0 saturated carbocycles. The third-order valence-corrected chi connectivity index (χ3v) is 5.08. The Labute approximate surface area is 193 Å². The van der Waals surface area contributed by atoms with E-state index in [1.165, 1.54) is 12.1 Å². The van der Waals surface area contributed by atoms with Crippen molar-refractivity contribution in [2.24, 2.45) is 0 Å². The highest BCUT2D eigenvalue weighted by molar-refractivity contribution is 5.95. The second kappa shape index (κ2) is 10.5. The Morgan fingerprint density at radius 3 is 2.29 bits per heavy atom. The molecule has 1 amide bonds. The summed E-state index contributed by atoms with van der Waals surface area (Å²) in [4.78, 5) is 18.8. The van der Waals surface area contributed by atoms with E-state index in [1.807, 2.05) is 6.92 Å². The SMILES string of the molecule is CCN(C)c1nc(NCc2ccc(F)cc2)ccc1NC(=O)Cc1ccc(C(F)(F)F)c(F)c1. The monoisotopic (exact) mass is 478 g/mol. The van der Waals surface area contributed by atoms with Crippen LogP contribution in [0.25, 0.3) is 0 Å². The molecular formula is C24H23F5N4O. The number of hydrogen-bond acceptors (Lipinski definition) is 4. The average molecular weight is 478 g/mol. The van der Waals surface area contributed by atoms with Gasteiger partial charge in [-0.1, -0.05) is 18.2 Å². The maximum Gasteiger partial charge on any atom is 0.419 e. The van der Waals surface area contributed by atoms with Gasteiger partial charge in [0.05, 0.1) is 17.7 Å². The maximum absolute atomic E-state index is 13.8. The van der Waals surface area contributed by atoms with Crippen LogP contribution in [0.5, 0.6) is 0 Å². The number of carbonyl (C=O) groups excluding carboxylic acids is 1. The summed E-state index contributed by atoms with van der Waals surface area (Å²) in [7, 11) is 1.78. The van der Waals surface area contributed by atoms with Gasteiger partial charge in [-0.3, -0.25) is 4.79 Å². The van der Waals surface area contributed by atoms with Crippen LogP contribution in [-0.4, -0.2) is 24.5 Å². The average Bonchev–Trinajstić information content (AvgIpc) is 2.78. The molecule has 3 aromatic rings. The van der Waals surface area contributed by atoms with Crippen LogP contribution in [0.2, 0.25) is 0 Å². The lowest BCUT2D eigenvalue weighted by Crippen LogP contribution is -2.22. The molecule has 0 aliphatic rings. The van der Waals surface area contributed by atoms with Crippen molar-refractivity contribution in [3.05, 3.63) is 82.9 Å². The van der Waals surface area contributed by atoms with E-state index in [1.54, 1.807) is 36.2 Å². The zero-order valence-corrected chi connectivity index (χ0v) is 18.5. The fraction of sp³-hybridized carbons (Fsp3) is 0.250. The van der Waals surface area contributed by atoms with Crippen molar-refractivity contribution in [2.45, 2.75) is 26.1 Å². The zero-order chi connectivity index (χ0) is 24.9. The molecule has 0 unspecified atom stereocenters. The van der Waals surface area contributed by atoms with E-state index >= 15 is 0 Å². The Bertz CT molecular complexity index is 1150. The first kappa shape index (κ1) is 24.9. The fourth-order valence-electron chi connectivity index (χ4n) is 3.16. The molecule has 2 N–H and O–H groups in total. The van der Waals surface area contributed by atoms with Gasteiger partial charge in [-0.2, -0.15) is 13.2 Å². The Morgan fingerprint density at radius 1 is 1.00 bits per heavy atom. The molecule has 0 aliphatic heterocycles. The van der Waals surface area contributed by atoms with E-state index in [4.69, 9.17) is 0 Å². The van der Waals surface area contributed by atoms with Crippen LogP contribution in [-0.2, 0) is 23.9 Å². The molecule has 0 radical (unpaired) electrons. The fourth-order valence-corrected chi connectivity index (χ4v) is 3.16. The van der Waals surface area contributed by atoms with Gasteiger partial charge in [-0.05, 0) is 54.4 Å². The maximum atomic E-state index is 13.8. The van der Waals surface area contributed by atoms with Crippen molar-refractivity contribution in [3.63, 3.8) is 0 Å². The molecular weight excluding hydrogens is 455 g/mol. The van der Waals surface area contributed by atoms with E-state index in [0.29, 0.717) is 42.5 Å². The van der Waals surface area contributed by atoms with Gasteiger partial charge in [-0.25, -0.2) is 13.8 Å². The minimum absolute atomic E-state index is 0.110. The summed E-state index contributed by atoms with van der Waals surface area (Å²) < 4.78 is 65.1. The smallest absolute Gasteiger partial charge is 0.366 e. The standard InChI is InChI=1S/C24H23F5N4O/c1-3-33(2)23-20(10-11-21(32-23)30-14-15-4-7-17(25)8-5-15)31-22(34)13-16-6-9-18(19(26)12-16)24(27,28)29/h4-12H,3,13-14H2,1-2H3,(H,30,32)(H,31,34). The number of carbonyl (C=O) groups is 1. The zero-order valence-electron chi connectivity index (χ0n) is 18.5. The number of anilines is 3. The molecule has 180 valence electrons. The molecule has 0 fully saturated rings. The van der Waals surface area contributed by atoms with Gasteiger partial charge in [0.1, 0.15) is 17.5 Å². The highest BCUT2D eigenvalue weighted by atomic mass is 19.4. The summed E-state index contributed by atoms with van der Waals surface area (Å²) in [6, 6.07) is 11.7. The van der Waals surface area contributed by atoms with Crippen molar-refractivity contribution < 1.29 is 26.7 Å². The number of amides is 1. The number of rotatable bonds is 8. The third kappa shape index (κ3) is 6.43. The number of alkyl halides is 3. The van der Waals surface area contributed by atoms with Crippen molar-refractivity contribution in [1.82, 2.24) is 4.98 Å². The first-order valence-corrected chi connectivity index (χ1v) is 10.4. The first-order valence-electron chi connectivity index (χ1n) is 10.4. The van der Waals surface area contributed by atoms with E-state index in [0.717, 1.165) is 11.6 Å². The van der Waals surface area contributed by atoms with Gasteiger partial charge < -0.3 is 15.5 Å². The number of aromatic nitrogens is 1. The van der Waals surface area contributed by atoms with E-state index in [-0.39, 0.29) is 17.8 Å². The molecule has 2 aromatic carbocycles. The predicted octanol–water partition coefficient (Wildman–Crippen LogP) is 5.63. The van der Waals surface area contributed by atoms with E-state index in [9.17, 15) is 26.7 Å². The van der Waals surface area contributed by atoms with Crippen LogP contribution in [0, 0.1) is 11.6 Å². The number of hydrogen-bond donors (Lipinski definition) is 2. The minimum Gasteiger partial charge on any atom is -0.366 e. The summed E-state index contributed by atoms with van der Waals surface area (Å²) in [6.45, 7) is 2.89. The molecule has 0 aliphatic carbocycles. The lowest BCUT2D eigenvalue weighted by atomic mass is 10.1. The van der Waals surface area contributed by atoms with E-state index in [2.05, 4.69) is 15.6 Å². The molecule has 1 heterocycles. The topological polar surface area (TPSA) is 57.3 Å². The summed E-state index contributed by atoms with van der Waals surface area (Å²) in [5.74, 6) is -1.28. The number of benzene rings is 2. The Hall–Kier alpha value is -3.69. The second-order valence-electron chi connectivity index (χ2n) is 7.60. The molecule has 3 rings (SSSR count). The number of nitrogens with one attached hydrogen (secondary N) is 2. The van der Waals surface area contributed by atoms with Gasteiger partial charge >= 0.3 is 6.18 Å². The summed E-state index contributed by atoms with van der Waals surface area (Å²) in [6.07, 6.45) is -5.11. The summed E-state index contributed by atoms with van der Waals surface area (Å²) in [5.41, 5.74) is -0.0146. The van der Waals surface area contributed by atoms with Gasteiger partial charge in [-0.15, -0.1) is 0 Å². The normalized spacial score (nSPS) is 11.3. The van der Waals surface area contributed by atoms with Gasteiger partial charge in [0.2, 0.25) is 5.91 Å². The summed E-state index contributed by atoms with van der Waals surface area (Å²) >= 11 is 0. The molecule has 0 bridgehead atoms. The van der Waals surface area contributed by atoms with Crippen LogP contribution in [0.3, 0.4) is 0 Å². The van der Waals surface area contributed by atoms with Crippen molar-refractivity contribution in [3.8, 4) is 0 Å². The second-order valence-corrected chi connectivity index (χ2v) is 7.60. The van der Waals surface area contributed by atoms with Crippen LogP contribution < -0.4 is 15.5 Å². The first-order chi connectivity index (χ1) is 16.1. The molecule has 0 spiro atoms. The van der Waals surface area contributed by atoms with Crippen molar-refractivity contribution in [2.75, 3.05) is 29.1 Å². The number of halogens is 5. The highest BCUT2D eigenvalue weighted by Gasteiger charge is 2.34. The van der Waals surface area contributed by atoms with Gasteiger partial charge in [0.25, 0.3) is 0 Å². The van der Waals surface area contributed by atoms with Crippen LogP contribution >= 0.6 is 0 Å². The Balaban J connectivity index is 1.72. The van der Waals surface area contributed by atoms with Crippen LogP contribution in [0.4, 0.5) is 39.3 Å². The third-order valence-electron chi connectivity index (χ3n) is 5.08. The lowest BCUT2D eigenvalue weighted by Gasteiger charge is -2.21. The van der Waals surface area contributed by atoms with Gasteiger partial charge in [0, 0.05) is 20.1 Å². The van der Waals surface area contributed by atoms with Crippen LogP contribution in [0.15, 0.2) is 54.6 Å². The van der Waals surface area contributed by atoms with Gasteiger partial charge in [0.15, 0.2) is 5.82 Å². The predicted molar refractivity (Wildman–Crippen MR) is 121 cm³/mol. The highest BCUT2D eigenvalue weighted by Crippen LogP contribution is 2.32. The molecule has 0 saturated heterocycles. The number of pyridine rings is 1. The molecule has 5 nitrogen and oxygen atoms in total. The molecule has 10 heteroatoms. The Morgan fingerprint density at radius 2 is 1.68 bits per heavy atom. The molecule has 0 atom stereocenters. The molecule has 1 aromatic heterocycles. The van der Waals surface area contributed by atoms with E-state index < -0.39 is 23.5 Å². The largest absolute Gasteiger partial charge is 0.419 e. The lowest BCUT2D eigenvalue weighted by molar-refractivity contribution is -0.140. The quantitative estimate of drug-likeness (QED) is 0.412. The van der Waals surface area contributed by atoms with Crippen molar-refractivity contribution >= 4 is 23.2 Å². The van der Waals surface area contributed by atoms with Crippen molar-refractivity contribution in [1.29, 1.82) is 0 Å².